The third-order valence-electron chi connectivity index (χ3n) is 2.36. The molecule has 0 radical (unpaired) electrons. The normalized spacial score (nSPS) is 16.0. The van der Waals surface area contributed by atoms with Gasteiger partial charge in [-0.15, -0.1) is 0 Å². The number of hydrogen-bond acceptors (Lipinski definition) is 4. The molecule has 15 heavy (non-hydrogen) atoms. The molecule has 0 saturated heterocycles. The van der Waals surface area contributed by atoms with Crippen molar-refractivity contribution in [2.24, 2.45) is 0 Å². The van der Waals surface area contributed by atoms with Gasteiger partial charge in [0.25, 0.3) is 0 Å². The van der Waals surface area contributed by atoms with E-state index < -0.39 is 0 Å². The van der Waals surface area contributed by atoms with Crippen molar-refractivity contribution in [3.05, 3.63) is 0 Å². The summed E-state index contributed by atoms with van der Waals surface area (Å²) in [5, 5.41) is 19.3. The van der Waals surface area contributed by atoms with Crippen molar-refractivity contribution in [1.82, 2.24) is 9.80 Å². The predicted molar refractivity (Wildman–Crippen MR) is 63.0 cm³/mol. The Labute approximate surface area is 93.5 Å². The zero-order valence-corrected chi connectivity index (χ0v) is 10.5. The minimum Gasteiger partial charge on any atom is -0.393 e. The van der Waals surface area contributed by atoms with E-state index in [0.717, 1.165) is 25.9 Å². The first kappa shape index (κ1) is 14.8. The highest BCUT2D eigenvalue weighted by Gasteiger charge is 2.12. The highest BCUT2D eigenvalue weighted by molar-refractivity contribution is 4.65. The van der Waals surface area contributed by atoms with Gasteiger partial charge >= 0.3 is 0 Å². The molecule has 0 saturated carbocycles. The standard InChI is InChI=1S/C11H26N2O2/c1-12(2)7-5-10(14)9-11(15)6-8-13(3)4/h10-11,14-15H,5-9H2,1-4H3. The minimum absolute atomic E-state index is 0.385. The first-order valence-corrected chi connectivity index (χ1v) is 5.57. The number of rotatable bonds is 8. The van der Waals surface area contributed by atoms with Crippen LogP contribution in [0, 0.1) is 0 Å². The van der Waals surface area contributed by atoms with Gasteiger partial charge in [-0.25, -0.2) is 0 Å². The number of hydrogen-bond donors (Lipinski definition) is 2. The Morgan fingerprint density at radius 2 is 1.13 bits per heavy atom. The van der Waals surface area contributed by atoms with Crippen LogP contribution in [0.3, 0.4) is 0 Å². The largest absolute Gasteiger partial charge is 0.393 e. The lowest BCUT2D eigenvalue weighted by molar-refractivity contribution is 0.0632. The first-order chi connectivity index (χ1) is 6.91. The second-order valence-corrected chi connectivity index (χ2v) is 4.73. The summed E-state index contributed by atoms with van der Waals surface area (Å²) in [6.45, 7) is 1.73. The van der Waals surface area contributed by atoms with Crippen LogP contribution in [0.2, 0.25) is 0 Å². The average Bonchev–Trinajstić information content (AvgIpc) is 2.11. The molecule has 0 amide bonds. The molecule has 4 nitrogen and oxygen atoms in total. The lowest BCUT2D eigenvalue weighted by Crippen LogP contribution is -2.25. The van der Waals surface area contributed by atoms with E-state index in [0.29, 0.717) is 6.42 Å². The Morgan fingerprint density at radius 1 is 0.800 bits per heavy atom. The highest BCUT2D eigenvalue weighted by Crippen LogP contribution is 2.06. The van der Waals surface area contributed by atoms with E-state index in [1.807, 2.05) is 38.0 Å². The fourth-order valence-corrected chi connectivity index (χ4v) is 1.36. The van der Waals surface area contributed by atoms with Crippen molar-refractivity contribution < 1.29 is 10.2 Å². The zero-order chi connectivity index (χ0) is 11.8. The van der Waals surface area contributed by atoms with Crippen LogP contribution in [-0.4, -0.2) is 73.5 Å². The minimum atomic E-state index is -0.385. The van der Waals surface area contributed by atoms with Gasteiger partial charge in [-0.05, 0) is 60.5 Å². The van der Waals surface area contributed by atoms with Gasteiger partial charge < -0.3 is 20.0 Å². The Bertz CT molecular complexity index is 136. The molecular weight excluding hydrogens is 192 g/mol. The SMILES string of the molecule is CN(C)CCC(O)CC(O)CCN(C)C. The summed E-state index contributed by atoms with van der Waals surface area (Å²) in [4.78, 5) is 4.07. The summed E-state index contributed by atoms with van der Waals surface area (Å²) >= 11 is 0. The van der Waals surface area contributed by atoms with Gasteiger partial charge in [0.2, 0.25) is 0 Å². The summed E-state index contributed by atoms with van der Waals surface area (Å²) in [7, 11) is 7.93. The van der Waals surface area contributed by atoms with Crippen molar-refractivity contribution >= 4 is 0 Å². The molecular formula is C11H26N2O2. The van der Waals surface area contributed by atoms with Gasteiger partial charge in [-0.3, -0.25) is 0 Å². The Morgan fingerprint density at radius 3 is 1.40 bits per heavy atom. The maximum Gasteiger partial charge on any atom is 0.0577 e. The van der Waals surface area contributed by atoms with Crippen LogP contribution >= 0.6 is 0 Å². The maximum atomic E-state index is 9.63. The molecule has 0 heterocycles. The summed E-state index contributed by atoms with van der Waals surface area (Å²) in [6.07, 6.45) is 1.17. The Kier molecular flexibility index (Phi) is 7.96. The van der Waals surface area contributed by atoms with E-state index in [2.05, 4.69) is 0 Å². The first-order valence-electron chi connectivity index (χ1n) is 5.57. The van der Waals surface area contributed by atoms with Crippen LogP contribution in [0.5, 0.6) is 0 Å². The highest BCUT2D eigenvalue weighted by atomic mass is 16.3. The van der Waals surface area contributed by atoms with Crippen molar-refractivity contribution in [3.63, 3.8) is 0 Å². The predicted octanol–water partition coefficient (Wildman–Crippen LogP) is 0.00170. The quantitative estimate of drug-likeness (QED) is 0.602. The summed E-state index contributed by atoms with van der Waals surface area (Å²) in [6, 6.07) is 0. The third kappa shape index (κ3) is 10.1. The van der Waals surface area contributed by atoms with Crippen molar-refractivity contribution in [1.29, 1.82) is 0 Å². The molecule has 0 aliphatic carbocycles. The zero-order valence-electron chi connectivity index (χ0n) is 10.5. The molecule has 0 fully saturated rings. The fraction of sp³-hybridized carbons (Fsp3) is 1.00. The molecule has 2 N–H and O–H groups in total. The number of aliphatic hydroxyl groups excluding tert-OH is 2. The van der Waals surface area contributed by atoms with Crippen LogP contribution in [0.1, 0.15) is 19.3 Å². The lowest BCUT2D eigenvalue weighted by Gasteiger charge is -2.19. The van der Waals surface area contributed by atoms with Gasteiger partial charge in [0.15, 0.2) is 0 Å². The lowest BCUT2D eigenvalue weighted by atomic mass is 10.1. The van der Waals surface area contributed by atoms with Crippen molar-refractivity contribution in [2.45, 2.75) is 31.5 Å². The summed E-state index contributed by atoms with van der Waals surface area (Å²) in [5.41, 5.74) is 0. The monoisotopic (exact) mass is 218 g/mol. The average molecular weight is 218 g/mol. The number of aliphatic hydroxyl groups is 2. The molecule has 0 aromatic heterocycles. The molecule has 2 unspecified atom stereocenters. The van der Waals surface area contributed by atoms with Gasteiger partial charge in [-0.2, -0.15) is 0 Å². The maximum absolute atomic E-state index is 9.63. The molecule has 4 heteroatoms. The van der Waals surface area contributed by atoms with Crippen LogP contribution < -0.4 is 0 Å². The van der Waals surface area contributed by atoms with Crippen LogP contribution in [-0.2, 0) is 0 Å². The molecule has 0 bridgehead atoms. The van der Waals surface area contributed by atoms with Gasteiger partial charge in [-0.1, -0.05) is 0 Å². The van der Waals surface area contributed by atoms with E-state index in [-0.39, 0.29) is 12.2 Å². The summed E-state index contributed by atoms with van der Waals surface area (Å²) in [5.74, 6) is 0. The topological polar surface area (TPSA) is 46.9 Å². The Balaban J connectivity index is 3.52. The van der Waals surface area contributed by atoms with Gasteiger partial charge in [0.1, 0.15) is 0 Å². The fourth-order valence-electron chi connectivity index (χ4n) is 1.36. The van der Waals surface area contributed by atoms with E-state index in [4.69, 9.17) is 0 Å². The van der Waals surface area contributed by atoms with Crippen LogP contribution in [0.4, 0.5) is 0 Å². The molecule has 92 valence electrons. The molecule has 0 aliphatic heterocycles. The molecule has 2 atom stereocenters. The number of nitrogens with zero attached hydrogens (tertiary/aromatic N) is 2. The van der Waals surface area contributed by atoms with Crippen molar-refractivity contribution in [3.8, 4) is 0 Å². The molecule has 0 spiro atoms. The van der Waals surface area contributed by atoms with Crippen molar-refractivity contribution in [2.75, 3.05) is 41.3 Å². The van der Waals surface area contributed by atoms with E-state index in [9.17, 15) is 10.2 Å². The van der Waals surface area contributed by atoms with Gasteiger partial charge in [0.05, 0.1) is 12.2 Å². The van der Waals surface area contributed by atoms with E-state index in [1.54, 1.807) is 0 Å². The molecule has 0 aliphatic rings. The molecule has 0 aromatic rings. The van der Waals surface area contributed by atoms with E-state index >= 15 is 0 Å². The third-order valence-corrected chi connectivity index (χ3v) is 2.36. The molecule has 0 aromatic carbocycles. The van der Waals surface area contributed by atoms with Crippen LogP contribution in [0.25, 0.3) is 0 Å². The van der Waals surface area contributed by atoms with Gasteiger partial charge in [0, 0.05) is 0 Å². The smallest absolute Gasteiger partial charge is 0.0577 e. The second-order valence-electron chi connectivity index (χ2n) is 4.73. The molecule has 0 rings (SSSR count). The Hall–Kier alpha value is -0.160. The van der Waals surface area contributed by atoms with E-state index in [1.165, 1.54) is 0 Å². The summed E-state index contributed by atoms with van der Waals surface area (Å²) < 4.78 is 0. The van der Waals surface area contributed by atoms with Crippen LogP contribution in [0.15, 0.2) is 0 Å². The second kappa shape index (κ2) is 8.05.